The number of benzene rings is 1. The number of hydrogen-bond acceptors (Lipinski definition) is 5. The van der Waals surface area contributed by atoms with Gasteiger partial charge in [-0.25, -0.2) is 0 Å². The highest BCUT2D eigenvalue weighted by Crippen LogP contribution is 2.38. The molecule has 1 amide bonds. The van der Waals surface area contributed by atoms with Crippen molar-refractivity contribution < 1.29 is 18.8 Å². The van der Waals surface area contributed by atoms with Gasteiger partial charge in [-0.2, -0.15) is 0 Å². The summed E-state index contributed by atoms with van der Waals surface area (Å²) in [6.07, 6.45) is 2.69. The van der Waals surface area contributed by atoms with Crippen molar-refractivity contribution in [2.45, 2.75) is 40.0 Å². The molecule has 2 aromatic rings. The molecule has 3 rings (SSSR count). The standard InChI is InChI=1S/C20H26N2O4/c1-20(2,3)12-6-9-16-14(10-12)18(22-26-16)19(23)21-15-8-7-13(24-4)11-17(15)25-5/h7-8,11-12H,6,9-10H2,1-5H3,(H,21,23). The molecule has 140 valence electrons. The van der Waals surface area contributed by atoms with Crippen molar-refractivity contribution in [3.05, 3.63) is 35.2 Å². The molecular weight excluding hydrogens is 332 g/mol. The summed E-state index contributed by atoms with van der Waals surface area (Å²) in [6.45, 7) is 6.70. The number of rotatable bonds is 4. The fourth-order valence-corrected chi connectivity index (χ4v) is 3.40. The van der Waals surface area contributed by atoms with Crippen LogP contribution in [0.3, 0.4) is 0 Å². The number of carbonyl (C=O) groups excluding carboxylic acids is 1. The molecule has 0 saturated heterocycles. The van der Waals surface area contributed by atoms with Gasteiger partial charge in [-0.15, -0.1) is 0 Å². The molecule has 1 atom stereocenters. The fraction of sp³-hybridized carbons (Fsp3) is 0.500. The van der Waals surface area contributed by atoms with Gasteiger partial charge in [0.2, 0.25) is 0 Å². The zero-order chi connectivity index (χ0) is 18.9. The first-order valence-electron chi connectivity index (χ1n) is 8.84. The van der Waals surface area contributed by atoms with E-state index < -0.39 is 0 Å². The minimum absolute atomic E-state index is 0.182. The number of ether oxygens (including phenoxy) is 2. The Morgan fingerprint density at radius 2 is 2.04 bits per heavy atom. The lowest BCUT2D eigenvalue weighted by Crippen LogP contribution is -2.27. The molecule has 26 heavy (non-hydrogen) atoms. The summed E-state index contributed by atoms with van der Waals surface area (Å²) < 4.78 is 16.0. The van der Waals surface area contributed by atoms with E-state index in [0.29, 0.717) is 28.8 Å². The molecule has 0 bridgehead atoms. The highest BCUT2D eigenvalue weighted by molar-refractivity contribution is 6.04. The van der Waals surface area contributed by atoms with Gasteiger partial charge in [0.1, 0.15) is 17.3 Å². The topological polar surface area (TPSA) is 73.6 Å². The van der Waals surface area contributed by atoms with Gasteiger partial charge in [-0.3, -0.25) is 4.79 Å². The predicted molar refractivity (Wildman–Crippen MR) is 99.0 cm³/mol. The molecule has 1 aromatic carbocycles. The van der Waals surface area contributed by atoms with Crippen LogP contribution in [0.4, 0.5) is 5.69 Å². The van der Waals surface area contributed by atoms with Crippen molar-refractivity contribution in [1.82, 2.24) is 5.16 Å². The highest BCUT2D eigenvalue weighted by atomic mass is 16.5. The third kappa shape index (κ3) is 3.54. The van der Waals surface area contributed by atoms with Crippen LogP contribution in [0.1, 0.15) is 49.0 Å². The van der Waals surface area contributed by atoms with Crippen LogP contribution in [0.25, 0.3) is 0 Å². The van der Waals surface area contributed by atoms with Crippen LogP contribution in [0.5, 0.6) is 11.5 Å². The minimum Gasteiger partial charge on any atom is -0.497 e. The Morgan fingerprint density at radius 3 is 2.69 bits per heavy atom. The van der Waals surface area contributed by atoms with Gasteiger partial charge in [0.15, 0.2) is 5.69 Å². The lowest BCUT2D eigenvalue weighted by molar-refractivity contribution is 0.101. The first kappa shape index (κ1) is 18.3. The maximum Gasteiger partial charge on any atom is 0.278 e. The van der Waals surface area contributed by atoms with E-state index in [0.717, 1.165) is 30.6 Å². The first-order chi connectivity index (χ1) is 12.3. The Bertz CT molecular complexity index is 805. The largest absolute Gasteiger partial charge is 0.497 e. The number of nitrogens with one attached hydrogen (secondary N) is 1. The number of anilines is 1. The molecule has 1 N–H and O–H groups in total. The average molecular weight is 358 g/mol. The quantitative estimate of drug-likeness (QED) is 0.891. The molecule has 1 aromatic heterocycles. The SMILES string of the molecule is COc1ccc(NC(=O)c2noc3c2CC(C(C)(C)C)CC3)c(OC)c1. The molecular formula is C20H26N2O4. The van der Waals surface area contributed by atoms with E-state index in [1.807, 2.05) is 0 Å². The molecule has 0 aliphatic heterocycles. The highest BCUT2D eigenvalue weighted by Gasteiger charge is 2.34. The molecule has 0 saturated carbocycles. The van der Waals surface area contributed by atoms with E-state index in [2.05, 4.69) is 31.2 Å². The van der Waals surface area contributed by atoms with Crippen LogP contribution in [-0.2, 0) is 12.8 Å². The summed E-state index contributed by atoms with van der Waals surface area (Å²) in [7, 11) is 3.14. The van der Waals surface area contributed by atoms with E-state index in [1.54, 1.807) is 32.4 Å². The van der Waals surface area contributed by atoms with E-state index >= 15 is 0 Å². The van der Waals surface area contributed by atoms with Gasteiger partial charge < -0.3 is 19.3 Å². The van der Waals surface area contributed by atoms with Crippen molar-refractivity contribution in [1.29, 1.82) is 0 Å². The summed E-state index contributed by atoms with van der Waals surface area (Å²) in [6, 6.07) is 5.25. The summed E-state index contributed by atoms with van der Waals surface area (Å²) in [5.74, 6) is 2.23. The predicted octanol–water partition coefficient (Wildman–Crippen LogP) is 4.10. The van der Waals surface area contributed by atoms with Gasteiger partial charge in [0, 0.05) is 18.1 Å². The molecule has 6 heteroatoms. The number of carbonyl (C=O) groups is 1. The Kier molecular flexibility index (Phi) is 4.94. The molecule has 1 heterocycles. The van der Waals surface area contributed by atoms with Crippen molar-refractivity contribution >= 4 is 11.6 Å². The van der Waals surface area contributed by atoms with Gasteiger partial charge in [0.25, 0.3) is 5.91 Å². The van der Waals surface area contributed by atoms with Crippen molar-refractivity contribution in [2.24, 2.45) is 11.3 Å². The second kappa shape index (κ2) is 7.02. The van der Waals surface area contributed by atoms with E-state index in [-0.39, 0.29) is 11.3 Å². The first-order valence-corrected chi connectivity index (χ1v) is 8.84. The number of fused-ring (bicyclic) bond motifs is 1. The van der Waals surface area contributed by atoms with Crippen LogP contribution in [0.2, 0.25) is 0 Å². The van der Waals surface area contributed by atoms with Crippen LogP contribution < -0.4 is 14.8 Å². The summed E-state index contributed by atoms with van der Waals surface area (Å²) in [5.41, 5.74) is 2.05. The number of aromatic nitrogens is 1. The van der Waals surface area contributed by atoms with Gasteiger partial charge in [-0.1, -0.05) is 25.9 Å². The zero-order valence-corrected chi connectivity index (χ0v) is 16.0. The number of amides is 1. The Labute approximate surface area is 153 Å². The average Bonchev–Trinajstić information content (AvgIpc) is 3.04. The van der Waals surface area contributed by atoms with Crippen molar-refractivity contribution in [3.63, 3.8) is 0 Å². The molecule has 1 aliphatic carbocycles. The second-order valence-electron chi connectivity index (χ2n) is 7.76. The normalized spacial score (nSPS) is 16.7. The third-order valence-electron chi connectivity index (χ3n) is 5.14. The molecule has 0 fully saturated rings. The number of aryl methyl sites for hydroxylation is 1. The smallest absolute Gasteiger partial charge is 0.278 e. The summed E-state index contributed by atoms with van der Waals surface area (Å²) in [4.78, 5) is 12.8. The Morgan fingerprint density at radius 1 is 1.27 bits per heavy atom. The second-order valence-corrected chi connectivity index (χ2v) is 7.76. The molecule has 1 unspecified atom stereocenters. The number of nitrogens with zero attached hydrogens (tertiary/aromatic N) is 1. The van der Waals surface area contributed by atoms with E-state index in [1.165, 1.54) is 0 Å². The molecule has 0 spiro atoms. The Hall–Kier alpha value is -2.50. The van der Waals surface area contributed by atoms with Crippen LogP contribution >= 0.6 is 0 Å². The summed E-state index contributed by atoms with van der Waals surface area (Å²) in [5, 5.41) is 6.92. The number of hydrogen-bond donors (Lipinski definition) is 1. The van der Waals surface area contributed by atoms with Gasteiger partial charge in [0.05, 0.1) is 19.9 Å². The van der Waals surface area contributed by atoms with Crippen LogP contribution in [0.15, 0.2) is 22.7 Å². The van der Waals surface area contributed by atoms with Crippen LogP contribution in [-0.4, -0.2) is 25.3 Å². The maximum atomic E-state index is 12.8. The molecule has 6 nitrogen and oxygen atoms in total. The third-order valence-corrected chi connectivity index (χ3v) is 5.14. The minimum atomic E-state index is -0.284. The maximum absolute atomic E-state index is 12.8. The Balaban J connectivity index is 1.83. The number of methoxy groups -OCH3 is 2. The summed E-state index contributed by atoms with van der Waals surface area (Å²) >= 11 is 0. The van der Waals surface area contributed by atoms with Crippen molar-refractivity contribution in [3.8, 4) is 11.5 Å². The fourth-order valence-electron chi connectivity index (χ4n) is 3.40. The van der Waals surface area contributed by atoms with Crippen molar-refractivity contribution in [2.75, 3.05) is 19.5 Å². The lowest BCUT2D eigenvalue weighted by atomic mass is 9.71. The van der Waals surface area contributed by atoms with E-state index in [4.69, 9.17) is 14.0 Å². The van der Waals surface area contributed by atoms with Gasteiger partial charge >= 0.3 is 0 Å². The molecule has 0 radical (unpaired) electrons. The van der Waals surface area contributed by atoms with E-state index in [9.17, 15) is 4.79 Å². The monoisotopic (exact) mass is 358 g/mol. The van der Waals surface area contributed by atoms with Crippen LogP contribution in [0, 0.1) is 11.3 Å². The zero-order valence-electron chi connectivity index (χ0n) is 16.0. The molecule has 1 aliphatic rings. The lowest BCUT2D eigenvalue weighted by Gasteiger charge is -2.33. The van der Waals surface area contributed by atoms with Gasteiger partial charge in [-0.05, 0) is 36.3 Å².